The van der Waals surface area contributed by atoms with E-state index in [1.54, 1.807) is 22.7 Å². The van der Waals surface area contributed by atoms with Crippen molar-refractivity contribution >= 4 is 32.7 Å². The summed E-state index contributed by atoms with van der Waals surface area (Å²) in [6.07, 6.45) is 0. The zero-order valence-corrected chi connectivity index (χ0v) is 9.85. The predicted octanol–water partition coefficient (Wildman–Crippen LogP) is 2.27. The van der Waals surface area contributed by atoms with Gasteiger partial charge in [0.1, 0.15) is 0 Å². The third kappa shape index (κ3) is 2.58. The second kappa shape index (κ2) is 4.45. The average molecular weight is 228 g/mol. The molecule has 5 heteroatoms. The smallest absolute Gasteiger partial charge is 0.428 e. The van der Waals surface area contributed by atoms with E-state index < -0.39 is 10.0 Å². The van der Waals surface area contributed by atoms with Gasteiger partial charge >= 0.3 is 10.0 Å². The topological polar surface area (TPSA) is 18.5 Å². The molecule has 0 aliphatic rings. The maximum absolute atomic E-state index is 5.46. The lowest BCUT2D eigenvalue weighted by Gasteiger charge is -2.03. The third-order valence-corrected chi connectivity index (χ3v) is 4.23. The van der Waals surface area contributed by atoms with E-state index in [2.05, 4.69) is 0 Å². The van der Waals surface area contributed by atoms with Gasteiger partial charge in [-0.15, -0.1) is 22.7 Å². The molecule has 0 saturated carbocycles. The van der Waals surface area contributed by atoms with Crippen LogP contribution in [0.5, 0.6) is 10.1 Å². The highest BCUT2D eigenvalue weighted by molar-refractivity contribution is 7.12. The van der Waals surface area contributed by atoms with Crippen molar-refractivity contribution in [1.82, 2.24) is 0 Å². The number of hydrogen-bond donors (Lipinski definition) is 0. The number of thiophene rings is 2. The maximum atomic E-state index is 5.46. The molecule has 0 spiro atoms. The third-order valence-electron chi connectivity index (χ3n) is 1.39. The molecular formula is C8H8O2S2Si. The Morgan fingerprint density at radius 2 is 1.46 bits per heavy atom. The Balaban J connectivity index is 1.76. The fourth-order valence-electron chi connectivity index (χ4n) is 0.837. The molecule has 0 aromatic carbocycles. The summed E-state index contributed by atoms with van der Waals surface area (Å²) in [5.41, 5.74) is 0. The lowest BCUT2D eigenvalue weighted by molar-refractivity contribution is 0.473. The Morgan fingerprint density at radius 1 is 0.923 bits per heavy atom. The molecule has 0 bridgehead atoms. The fraction of sp³-hybridized carbons (Fsp3) is 0. The first-order chi connectivity index (χ1) is 6.45. The minimum absolute atomic E-state index is 0.906. The van der Waals surface area contributed by atoms with Gasteiger partial charge in [-0.3, -0.25) is 0 Å². The van der Waals surface area contributed by atoms with E-state index in [0.29, 0.717) is 0 Å². The average Bonchev–Trinajstić information content (AvgIpc) is 2.75. The molecule has 0 aliphatic carbocycles. The first kappa shape index (κ1) is 8.80. The fourth-order valence-corrected chi connectivity index (χ4v) is 3.05. The molecule has 0 radical (unpaired) electrons. The van der Waals surface area contributed by atoms with Gasteiger partial charge in [-0.2, -0.15) is 0 Å². The van der Waals surface area contributed by atoms with E-state index in [0.717, 1.165) is 10.1 Å². The van der Waals surface area contributed by atoms with Gasteiger partial charge in [-0.1, -0.05) is 0 Å². The highest BCUT2D eigenvalue weighted by atomic mass is 32.1. The molecule has 2 rings (SSSR count). The molecule has 0 fully saturated rings. The van der Waals surface area contributed by atoms with Gasteiger partial charge in [0.25, 0.3) is 0 Å². The standard InChI is InChI=1S/C8H8O2S2Si/c1-3-7(11-5-1)9-13-10-8-4-2-6-12-8/h1-6H,13H2. The summed E-state index contributed by atoms with van der Waals surface area (Å²) in [6.45, 7) is 0. The minimum atomic E-state index is -0.906. The van der Waals surface area contributed by atoms with Gasteiger partial charge in [0.2, 0.25) is 0 Å². The van der Waals surface area contributed by atoms with Gasteiger partial charge in [-0.25, -0.2) is 0 Å². The summed E-state index contributed by atoms with van der Waals surface area (Å²) < 4.78 is 10.9. The molecule has 0 aliphatic heterocycles. The number of rotatable bonds is 4. The van der Waals surface area contributed by atoms with Crippen molar-refractivity contribution in [3.8, 4) is 10.1 Å². The molecule has 2 nitrogen and oxygen atoms in total. The SMILES string of the molecule is c1csc(O[SiH2]Oc2cccs2)c1. The lowest BCUT2D eigenvalue weighted by atomic mass is 10.7. The highest BCUT2D eigenvalue weighted by Gasteiger charge is 1.96. The monoisotopic (exact) mass is 228 g/mol. The molecule has 2 aromatic rings. The van der Waals surface area contributed by atoms with Crippen LogP contribution < -0.4 is 8.85 Å². The van der Waals surface area contributed by atoms with Gasteiger partial charge in [-0.05, 0) is 35.0 Å². The summed E-state index contributed by atoms with van der Waals surface area (Å²) in [4.78, 5) is 0. The summed E-state index contributed by atoms with van der Waals surface area (Å²) in [5, 5.41) is 5.88. The Bertz CT molecular complexity index is 297. The van der Waals surface area contributed by atoms with Gasteiger partial charge < -0.3 is 8.85 Å². The second-order valence-corrected chi connectivity index (χ2v) is 4.90. The molecule has 2 heterocycles. The molecular weight excluding hydrogens is 220 g/mol. The Hall–Kier alpha value is -0.783. The highest BCUT2D eigenvalue weighted by Crippen LogP contribution is 2.20. The normalized spacial score (nSPS) is 9.85. The molecule has 0 N–H and O–H groups in total. The van der Waals surface area contributed by atoms with E-state index in [4.69, 9.17) is 8.85 Å². The van der Waals surface area contributed by atoms with E-state index in [-0.39, 0.29) is 0 Å². The van der Waals surface area contributed by atoms with Crippen molar-refractivity contribution in [2.24, 2.45) is 0 Å². The van der Waals surface area contributed by atoms with Crippen LogP contribution in [-0.2, 0) is 0 Å². The van der Waals surface area contributed by atoms with Crippen LogP contribution >= 0.6 is 22.7 Å². The van der Waals surface area contributed by atoms with Gasteiger partial charge in [0, 0.05) is 0 Å². The van der Waals surface area contributed by atoms with Crippen molar-refractivity contribution in [2.75, 3.05) is 0 Å². The quantitative estimate of drug-likeness (QED) is 0.747. The van der Waals surface area contributed by atoms with Crippen LogP contribution in [0.2, 0.25) is 0 Å². The Morgan fingerprint density at radius 3 is 1.85 bits per heavy atom. The van der Waals surface area contributed by atoms with Crippen LogP contribution in [0.25, 0.3) is 0 Å². The van der Waals surface area contributed by atoms with Crippen LogP contribution in [0, 0.1) is 0 Å². The van der Waals surface area contributed by atoms with Crippen LogP contribution in [0.4, 0.5) is 0 Å². The first-order valence-electron chi connectivity index (χ1n) is 3.78. The zero-order chi connectivity index (χ0) is 8.93. The Labute approximate surface area is 86.8 Å². The maximum Gasteiger partial charge on any atom is 0.428 e. The first-order valence-corrected chi connectivity index (χ1v) is 6.69. The lowest BCUT2D eigenvalue weighted by Crippen LogP contribution is -2.08. The zero-order valence-electron chi connectivity index (χ0n) is 6.80. The molecule has 68 valence electrons. The molecule has 2 aromatic heterocycles. The van der Waals surface area contributed by atoms with Crippen molar-refractivity contribution in [2.45, 2.75) is 0 Å². The summed E-state index contributed by atoms with van der Waals surface area (Å²) in [5.74, 6) is 0. The summed E-state index contributed by atoms with van der Waals surface area (Å²) in [7, 11) is -0.906. The number of hydrogen-bond acceptors (Lipinski definition) is 4. The van der Waals surface area contributed by atoms with Crippen LogP contribution in [0.15, 0.2) is 35.0 Å². The van der Waals surface area contributed by atoms with Gasteiger partial charge in [0.15, 0.2) is 10.1 Å². The van der Waals surface area contributed by atoms with Gasteiger partial charge in [0.05, 0.1) is 0 Å². The molecule has 13 heavy (non-hydrogen) atoms. The molecule has 0 unspecified atom stereocenters. The van der Waals surface area contributed by atoms with E-state index >= 15 is 0 Å². The van der Waals surface area contributed by atoms with Crippen molar-refractivity contribution in [1.29, 1.82) is 0 Å². The minimum Gasteiger partial charge on any atom is -0.508 e. The largest absolute Gasteiger partial charge is 0.508 e. The van der Waals surface area contributed by atoms with E-state index in [9.17, 15) is 0 Å². The van der Waals surface area contributed by atoms with E-state index in [1.807, 2.05) is 35.0 Å². The van der Waals surface area contributed by atoms with Crippen molar-refractivity contribution in [3.05, 3.63) is 35.0 Å². The van der Waals surface area contributed by atoms with Crippen molar-refractivity contribution < 1.29 is 8.85 Å². The van der Waals surface area contributed by atoms with Crippen molar-refractivity contribution in [3.63, 3.8) is 0 Å². The predicted molar refractivity (Wildman–Crippen MR) is 58.4 cm³/mol. The van der Waals surface area contributed by atoms with Crippen LogP contribution in [0.3, 0.4) is 0 Å². The second-order valence-electron chi connectivity index (χ2n) is 2.27. The summed E-state index contributed by atoms with van der Waals surface area (Å²) in [6, 6.07) is 7.85. The Kier molecular flexibility index (Phi) is 3.01. The van der Waals surface area contributed by atoms with Crippen LogP contribution in [0.1, 0.15) is 0 Å². The molecule has 0 saturated heterocycles. The molecule has 0 atom stereocenters. The summed E-state index contributed by atoms with van der Waals surface area (Å²) >= 11 is 3.19. The molecule has 0 amide bonds. The van der Waals surface area contributed by atoms with E-state index in [1.165, 1.54) is 0 Å². The van der Waals surface area contributed by atoms with Crippen LogP contribution in [-0.4, -0.2) is 10.0 Å².